The molecule has 0 aromatic heterocycles. The lowest BCUT2D eigenvalue weighted by atomic mass is 9.94. The lowest BCUT2D eigenvalue weighted by Gasteiger charge is -2.34. The number of fused-ring (bicyclic) bond motifs is 1. The summed E-state index contributed by atoms with van der Waals surface area (Å²) in [4.78, 5) is 31.0. The molecule has 1 N–H and O–H groups in total. The summed E-state index contributed by atoms with van der Waals surface area (Å²) < 4.78 is 33.9. The number of benzene rings is 2. The van der Waals surface area contributed by atoms with Crippen molar-refractivity contribution in [1.29, 1.82) is 0 Å². The Labute approximate surface area is 259 Å². The zero-order valence-corrected chi connectivity index (χ0v) is 26.2. The van der Waals surface area contributed by atoms with E-state index < -0.39 is 6.29 Å². The number of methoxy groups -OCH3 is 2. The largest absolute Gasteiger partial charge is 0.493 e. The van der Waals surface area contributed by atoms with Crippen molar-refractivity contribution >= 4 is 12.0 Å². The van der Waals surface area contributed by atoms with Gasteiger partial charge < -0.3 is 43.5 Å². The maximum absolute atomic E-state index is 13.8. The topological polar surface area (TPSA) is 108 Å². The van der Waals surface area contributed by atoms with Crippen LogP contribution in [0.2, 0.25) is 0 Å². The van der Waals surface area contributed by atoms with Gasteiger partial charge >= 0.3 is 6.09 Å². The molecule has 11 heteroatoms. The second kappa shape index (κ2) is 14.9. The first kappa shape index (κ1) is 31.7. The molecule has 44 heavy (non-hydrogen) atoms. The number of hydrogen-bond acceptors (Lipinski definition) is 9. The van der Waals surface area contributed by atoms with Gasteiger partial charge in [0.25, 0.3) is 12.2 Å². The Morgan fingerprint density at radius 2 is 1.73 bits per heavy atom. The highest BCUT2D eigenvalue weighted by molar-refractivity contribution is 5.95. The van der Waals surface area contributed by atoms with E-state index in [4.69, 9.17) is 28.4 Å². The molecule has 1 saturated heterocycles. The Bertz CT molecular complexity index is 1270. The Balaban J connectivity index is 1.22. The summed E-state index contributed by atoms with van der Waals surface area (Å²) in [5, 5.41) is 3.49. The van der Waals surface area contributed by atoms with Crippen molar-refractivity contribution in [3.8, 4) is 23.0 Å². The highest BCUT2D eigenvalue weighted by Crippen LogP contribution is 2.34. The number of ether oxygens (including phenoxy) is 6. The fraction of sp³-hybridized carbons (Fsp3) is 0.576. The van der Waals surface area contributed by atoms with Gasteiger partial charge in [0.2, 0.25) is 0 Å². The minimum absolute atomic E-state index is 0.0206. The van der Waals surface area contributed by atoms with Gasteiger partial charge in [0.15, 0.2) is 29.6 Å². The number of nitrogens with one attached hydrogen (secondary N) is 1. The molecule has 240 valence electrons. The number of amides is 2. The van der Waals surface area contributed by atoms with E-state index in [1.807, 2.05) is 41.8 Å². The third kappa shape index (κ3) is 7.87. The van der Waals surface area contributed by atoms with E-state index in [1.165, 1.54) is 0 Å². The minimum atomic E-state index is -0.802. The maximum Gasteiger partial charge on any atom is 0.413 e. The van der Waals surface area contributed by atoms with Crippen molar-refractivity contribution < 1.29 is 38.0 Å². The van der Waals surface area contributed by atoms with E-state index in [0.29, 0.717) is 54.9 Å². The molecular formula is C33H45N3O8. The molecule has 3 aliphatic rings. The molecule has 0 bridgehead atoms. The van der Waals surface area contributed by atoms with Crippen LogP contribution in [-0.2, 0) is 9.47 Å². The zero-order chi connectivity index (χ0) is 31.1. The maximum atomic E-state index is 13.8. The molecule has 2 heterocycles. The molecule has 1 aliphatic carbocycles. The lowest BCUT2D eigenvalue weighted by molar-refractivity contribution is -0.0858. The van der Waals surface area contributed by atoms with Crippen LogP contribution in [0.25, 0.3) is 0 Å². The molecule has 2 aromatic carbocycles. The molecule has 2 aliphatic heterocycles. The monoisotopic (exact) mass is 611 g/mol. The average Bonchev–Trinajstić information content (AvgIpc) is 3.78. The van der Waals surface area contributed by atoms with Crippen LogP contribution in [0.4, 0.5) is 4.79 Å². The second-order valence-corrected chi connectivity index (χ2v) is 11.9. The van der Waals surface area contributed by atoms with Crippen LogP contribution >= 0.6 is 0 Å². The first-order valence-corrected chi connectivity index (χ1v) is 15.5. The predicted molar refractivity (Wildman–Crippen MR) is 164 cm³/mol. The number of nitrogens with zero attached hydrogens (tertiary/aromatic N) is 2. The fourth-order valence-corrected chi connectivity index (χ4v) is 5.72. The Hall–Kier alpha value is -3.70. The second-order valence-electron chi connectivity index (χ2n) is 11.9. The number of rotatable bonds is 14. The molecule has 2 aromatic rings. The van der Waals surface area contributed by atoms with Gasteiger partial charge in [0.05, 0.1) is 13.7 Å². The predicted octanol–water partition coefficient (Wildman–Crippen LogP) is 4.20. The van der Waals surface area contributed by atoms with Crippen LogP contribution in [0.5, 0.6) is 23.0 Å². The van der Waals surface area contributed by atoms with Gasteiger partial charge in [-0.3, -0.25) is 4.79 Å². The number of hydrogen-bond donors (Lipinski definition) is 1. The number of para-hydroxylation sites is 2. The summed E-state index contributed by atoms with van der Waals surface area (Å²) in [6.45, 7) is 7.89. The van der Waals surface area contributed by atoms with Gasteiger partial charge in [-0.1, -0.05) is 12.1 Å². The van der Waals surface area contributed by atoms with Crippen LogP contribution in [0.15, 0.2) is 42.5 Å². The zero-order valence-electron chi connectivity index (χ0n) is 26.2. The van der Waals surface area contributed by atoms with Crippen molar-refractivity contribution in [3.05, 3.63) is 48.0 Å². The van der Waals surface area contributed by atoms with Crippen LogP contribution < -0.4 is 24.3 Å². The molecule has 11 nitrogen and oxygen atoms in total. The van der Waals surface area contributed by atoms with Crippen molar-refractivity contribution in [1.82, 2.24) is 15.1 Å². The smallest absolute Gasteiger partial charge is 0.413 e. The first-order valence-electron chi connectivity index (χ1n) is 15.5. The standard InChI is InChI=1S/C33H45N3O8/c1-22(2)35(32(37)23-10-13-27(40-4)30(16-23)41-15-7-14-39-3)19-24-17-34-18-25(24)20-36(26-11-12-26)33(38)44-31-21-42-28-8-5-6-9-29(28)43-31/h5-6,8-10,13,16,22,24-26,31,34H,7,11-12,14-15,17-21H2,1-4H3/t24-,25-,31-/m0/s1. The fourth-order valence-electron chi connectivity index (χ4n) is 5.72. The third-order valence-corrected chi connectivity index (χ3v) is 8.32. The Morgan fingerprint density at radius 3 is 2.43 bits per heavy atom. The third-order valence-electron chi connectivity index (χ3n) is 8.32. The molecule has 3 atom stereocenters. The Kier molecular flexibility index (Phi) is 10.7. The number of carbonyl (C=O) groups excluding carboxylic acids is 2. The van der Waals surface area contributed by atoms with Gasteiger partial charge in [-0.15, -0.1) is 0 Å². The van der Waals surface area contributed by atoms with Crippen molar-refractivity contribution in [2.24, 2.45) is 11.8 Å². The molecule has 2 amide bonds. The summed E-state index contributed by atoms with van der Waals surface area (Å²) in [5.74, 6) is 2.59. The average molecular weight is 612 g/mol. The first-order chi connectivity index (χ1) is 21.4. The minimum Gasteiger partial charge on any atom is -0.493 e. The van der Waals surface area contributed by atoms with E-state index in [9.17, 15) is 9.59 Å². The van der Waals surface area contributed by atoms with Gasteiger partial charge in [0.1, 0.15) is 0 Å². The van der Waals surface area contributed by atoms with E-state index in [0.717, 1.165) is 32.4 Å². The molecule has 0 radical (unpaired) electrons. The molecule has 0 unspecified atom stereocenters. The summed E-state index contributed by atoms with van der Waals surface area (Å²) >= 11 is 0. The van der Waals surface area contributed by atoms with E-state index >= 15 is 0 Å². The summed E-state index contributed by atoms with van der Waals surface area (Å²) in [5.41, 5.74) is 0.545. The number of carbonyl (C=O) groups is 2. The van der Waals surface area contributed by atoms with Crippen molar-refractivity contribution in [2.75, 3.05) is 60.2 Å². The quantitative estimate of drug-likeness (QED) is 0.315. The SMILES string of the molecule is COCCCOc1cc(C(=O)N(C[C@@H]2CNC[C@H]2CN(C(=O)O[C@H]2COc3ccccc3O2)C2CC2)C(C)C)ccc1OC. The van der Waals surface area contributed by atoms with Crippen molar-refractivity contribution in [3.63, 3.8) is 0 Å². The summed E-state index contributed by atoms with van der Waals surface area (Å²) in [6.07, 6.45) is 1.44. The Morgan fingerprint density at radius 1 is 0.977 bits per heavy atom. The molecule has 5 rings (SSSR count). The van der Waals surface area contributed by atoms with Crippen LogP contribution in [-0.4, -0.2) is 100 Å². The molecule has 2 fully saturated rings. The summed E-state index contributed by atoms with van der Waals surface area (Å²) in [6, 6.07) is 12.8. The van der Waals surface area contributed by atoms with E-state index in [-0.39, 0.29) is 42.5 Å². The van der Waals surface area contributed by atoms with Crippen LogP contribution in [0, 0.1) is 11.8 Å². The van der Waals surface area contributed by atoms with Gasteiger partial charge in [-0.2, -0.15) is 0 Å². The normalized spacial score (nSPS) is 20.7. The molecule has 0 spiro atoms. The van der Waals surface area contributed by atoms with Gasteiger partial charge in [0, 0.05) is 64.0 Å². The summed E-state index contributed by atoms with van der Waals surface area (Å²) in [7, 11) is 3.24. The van der Waals surface area contributed by atoms with E-state index in [1.54, 1.807) is 38.5 Å². The lowest BCUT2D eigenvalue weighted by Crippen LogP contribution is -2.46. The molecule has 1 saturated carbocycles. The van der Waals surface area contributed by atoms with Crippen LogP contribution in [0.3, 0.4) is 0 Å². The van der Waals surface area contributed by atoms with Crippen LogP contribution in [0.1, 0.15) is 43.5 Å². The molecular weight excluding hydrogens is 566 g/mol. The van der Waals surface area contributed by atoms with Crippen molar-refractivity contribution in [2.45, 2.75) is 51.5 Å². The van der Waals surface area contributed by atoms with Gasteiger partial charge in [-0.05, 0) is 68.9 Å². The highest BCUT2D eigenvalue weighted by atomic mass is 16.7. The van der Waals surface area contributed by atoms with Gasteiger partial charge in [-0.25, -0.2) is 4.79 Å². The highest BCUT2D eigenvalue weighted by Gasteiger charge is 2.40. The van der Waals surface area contributed by atoms with E-state index in [2.05, 4.69) is 5.32 Å².